The molecule has 7 nitrogen and oxygen atoms in total. The van der Waals surface area contributed by atoms with Crippen molar-refractivity contribution in [1.29, 1.82) is 0 Å². The van der Waals surface area contributed by atoms with Crippen LogP contribution in [0, 0.1) is 6.92 Å². The molecule has 2 fully saturated rings. The smallest absolute Gasteiger partial charge is 0.276 e. The lowest BCUT2D eigenvalue weighted by Gasteiger charge is -2.26. The Balaban J connectivity index is 1.34. The van der Waals surface area contributed by atoms with Crippen LogP contribution in [0.5, 0.6) is 5.75 Å². The van der Waals surface area contributed by atoms with Crippen LogP contribution in [0.25, 0.3) is 0 Å². The van der Waals surface area contributed by atoms with E-state index in [0.29, 0.717) is 31.0 Å². The summed E-state index contributed by atoms with van der Waals surface area (Å²) in [5.74, 6) is 1.45. The van der Waals surface area contributed by atoms with Crippen molar-refractivity contribution < 1.29 is 18.7 Å². The molecule has 3 aliphatic heterocycles. The number of oxazole rings is 1. The van der Waals surface area contributed by atoms with Crippen molar-refractivity contribution in [2.75, 3.05) is 13.2 Å². The molecule has 0 bridgehead atoms. The zero-order valence-corrected chi connectivity index (χ0v) is 15.9. The Morgan fingerprint density at radius 2 is 2.21 bits per heavy atom. The zero-order valence-electron chi connectivity index (χ0n) is 15.9. The van der Waals surface area contributed by atoms with Gasteiger partial charge in [-0.15, -0.1) is 0 Å². The minimum absolute atomic E-state index is 0.0657. The zero-order chi connectivity index (χ0) is 19.3. The Morgan fingerprint density at radius 3 is 3.04 bits per heavy atom. The third-order valence-electron chi connectivity index (χ3n) is 6.15. The van der Waals surface area contributed by atoms with Gasteiger partial charge in [0.1, 0.15) is 11.5 Å². The molecule has 0 spiro atoms. The maximum Gasteiger partial charge on any atom is 0.276 e. The molecule has 0 N–H and O–H groups in total. The number of carbonyl (C=O) groups excluding carboxylic acids is 2. The molecular weight excluding hydrogens is 358 g/mol. The van der Waals surface area contributed by atoms with E-state index in [-0.39, 0.29) is 23.9 Å². The van der Waals surface area contributed by atoms with E-state index >= 15 is 0 Å². The van der Waals surface area contributed by atoms with Crippen LogP contribution in [0.3, 0.4) is 0 Å². The fourth-order valence-electron chi connectivity index (χ4n) is 4.74. The number of carbonyl (C=O) groups is 2. The van der Waals surface area contributed by atoms with Gasteiger partial charge in [0.15, 0.2) is 12.1 Å². The number of ether oxygens (including phenoxy) is 1. The molecule has 1 aromatic carbocycles. The molecule has 0 saturated carbocycles. The monoisotopic (exact) mass is 381 g/mol. The van der Waals surface area contributed by atoms with Gasteiger partial charge < -0.3 is 19.0 Å². The highest BCUT2D eigenvalue weighted by molar-refractivity contribution is 5.94. The number of hydrogen-bond donors (Lipinski definition) is 0. The highest BCUT2D eigenvalue weighted by atomic mass is 16.5. The second-order valence-electron chi connectivity index (χ2n) is 7.80. The predicted molar refractivity (Wildman–Crippen MR) is 99.9 cm³/mol. The molecule has 0 unspecified atom stereocenters. The van der Waals surface area contributed by atoms with Crippen LogP contribution < -0.4 is 4.74 Å². The molecular formula is C21H23N3O4. The van der Waals surface area contributed by atoms with Crippen molar-refractivity contribution in [1.82, 2.24) is 14.8 Å². The van der Waals surface area contributed by atoms with Gasteiger partial charge in [-0.2, -0.15) is 0 Å². The molecule has 28 heavy (non-hydrogen) atoms. The van der Waals surface area contributed by atoms with E-state index < -0.39 is 0 Å². The second-order valence-corrected chi connectivity index (χ2v) is 7.80. The summed E-state index contributed by atoms with van der Waals surface area (Å²) in [4.78, 5) is 33.4. The standard InChI is InChI=1S/C21H23N3O4/c1-13-20(22-12-28-13)21(26)23-7-6-16-17(23)10-19(25)24(16)11-14-4-5-18-15(9-14)3-2-8-27-18/h4-5,9,12,16-17H,2-3,6-8,10-11H2,1H3/t16-,17-/m0/s1. The number of nitrogens with zero attached hydrogens (tertiary/aromatic N) is 3. The number of fused-ring (bicyclic) bond motifs is 2. The van der Waals surface area contributed by atoms with Gasteiger partial charge >= 0.3 is 0 Å². The third kappa shape index (κ3) is 2.77. The topological polar surface area (TPSA) is 75.9 Å². The summed E-state index contributed by atoms with van der Waals surface area (Å²) in [6.07, 6.45) is 4.52. The lowest BCUT2D eigenvalue weighted by atomic mass is 10.0. The molecule has 2 aromatic rings. The maximum atomic E-state index is 12.9. The van der Waals surface area contributed by atoms with Crippen LogP contribution in [-0.2, 0) is 17.8 Å². The van der Waals surface area contributed by atoms with Crippen LogP contribution in [-0.4, -0.2) is 51.8 Å². The molecule has 2 amide bonds. The summed E-state index contributed by atoms with van der Waals surface area (Å²) in [5.41, 5.74) is 2.69. The summed E-state index contributed by atoms with van der Waals surface area (Å²) < 4.78 is 10.9. The highest BCUT2D eigenvalue weighted by Crippen LogP contribution is 2.35. The van der Waals surface area contributed by atoms with Gasteiger partial charge in [0.05, 0.1) is 18.7 Å². The molecule has 2 saturated heterocycles. The van der Waals surface area contributed by atoms with Crippen molar-refractivity contribution in [2.45, 2.75) is 51.2 Å². The fraction of sp³-hybridized carbons (Fsp3) is 0.476. The van der Waals surface area contributed by atoms with Crippen LogP contribution in [0.15, 0.2) is 29.0 Å². The quantitative estimate of drug-likeness (QED) is 0.816. The molecule has 5 rings (SSSR count). The van der Waals surface area contributed by atoms with Gasteiger partial charge in [0.2, 0.25) is 5.91 Å². The number of aryl methyl sites for hydroxylation is 2. The van der Waals surface area contributed by atoms with E-state index in [1.807, 2.05) is 17.0 Å². The molecule has 2 atom stereocenters. The van der Waals surface area contributed by atoms with Crippen molar-refractivity contribution in [2.24, 2.45) is 0 Å². The summed E-state index contributed by atoms with van der Waals surface area (Å²) in [6.45, 7) is 3.73. The van der Waals surface area contributed by atoms with Gasteiger partial charge in [-0.05, 0) is 43.4 Å². The van der Waals surface area contributed by atoms with Gasteiger partial charge in [0, 0.05) is 19.5 Å². The first-order chi connectivity index (χ1) is 13.6. The first-order valence-corrected chi connectivity index (χ1v) is 9.87. The predicted octanol–water partition coefficient (Wildman–Crippen LogP) is 2.32. The number of aromatic nitrogens is 1. The largest absolute Gasteiger partial charge is 0.493 e. The van der Waals surface area contributed by atoms with Crippen LogP contribution in [0.1, 0.15) is 46.6 Å². The average Bonchev–Trinajstić information content (AvgIpc) is 3.38. The number of likely N-dealkylation sites (tertiary alicyclic amines) is 2. The van der Waals surface area contributed by atoms with E-state index in [9.17, 15) is 9.59 Å². The van der Waals surface area contributed by atoms with Crippen LogP contribution in [0.2, 0.25) is 0 Å². The third-order valence-corrected chi connectivity index (χ3v) is 6.15. The fourth-order valence-corrected chi connectivity index (χ4v) is 4.74. The second kappa shape index (κ2) is 6.65. The summed E-state index contributed by atoms with van der Waals surface area (Å²) in [5, 5.41) is 0. The van der Waals surface area contributed by atoms with E-state index in [0.717, 1.165) is 37.2 Å². The summed E-state index contributed by atoms with van der Waals surface area (Å²) >= 11 is 0. The number of amides is 2. The Morgan fingerprint density at radius 1 is 1.32 bits per heavy atom. The Hall–Kier alpha value is -2.83. The molecule has 3 aliphatic rings. The number of hydrogen-bond acceptors (Lipinski definition) is 5. The van der Waals surface area contributed by atoms with Crippen molar-refractivity contribution in [3.8, 4) is 5.75 Å². The van der Waals surface area contributed by atoms with Crippen molar-refractivity contribution in [3.63, 3.8) is 0 Å². The molecule has 7 heteroatoms. The maximum absolute atomic E-state index is 12.9. The van der Waals surface area contributed by atoms with Crippen molar-refractivity contribution >= 4 is 11.8 Å². The molecule has 4 heterocycles. The number of benzene rings is 1. The van der Waals surface area contributed by atoms with E-state index in [1.54, 1.807) is 11.8 Å². The number of rotatable bonds is 3. The van der Waals surface area contributed by atoms with Crippen molar-refractivity contribution in [3.05, 3.63) is 47.2 Å². The summed E-state index contributed by atoms with van der Waals surface area (Å²) in [7, 11) is 0. The van der Waals surface area contributed by atoms with Gasteiger partial charge in [0.25, 0.3) is 5.91 Å². The van der Waals surface area contributed by atoms with Crippen LogP contribution >= 0.6 is 0 Å². The van der Waals surface area contributed by atoms with Crippen LogP contribution in [0.4, 0.5) is 0 Å². The van der Waals surface area contributed by atoms with E-state index in [4.69, 9.17) is 9.15 Å². The molecule has 1 aromatic heterocycles. The molecule has 146 valence electrons. The first-order valence-electron chi connectivity index (χ1n) is 9.87. The van der Waals surface area contributed by atoms with Gasteiger partial charge in [-0.25, -0.2) is 4.98 Å². The highest BCUT2D eigenvalue weighted by Gasteiger charge is 2.48. The summed E-state index contributed by atoms with van der Waals surface area (Å²) in [6, 6.07) is 6.19. The Bertz CT molecular complexity index is 937. The Labute approximate surface area is 163 Å². The molecule has 0 aliphatic carbocycles. The SMILES string of the molecule is Cc1ocnc1C(=O)N1CC[C@H]2[C@@H]1CC(=O)N2Cc1ccc2c(c1)CCCO2. The minimum Gasteiger partial charge on any atom is -0.493 e. The normalized spacial score (nSPS) is 23.5. The molecule has 0 radical (unpaired) electrons. The Kier molecular flexibility index (Phi) is 4.10. The average molecular weight is 381 g/mol. The van der Waals surface area contributed by atoms with E-state index in [1.165, 1.54) is 12.0 Å². The van der Waals surface area contributed by atoms with Gasteiger partial charge in [-0.3, -0.25) is 9.59 Å². The van der Waals surface area contributed by atoms with Gasteiger partial charge in [-0.1, -0.05) is 12.1 Å². The lowest BCUT2D eigenvalue weighted by molar-refractivity contribution is -0.129. The lowest BCUT2D eigenvalue weighted by Crippen LogP contribution is -2.40. The first kappa shape index (κ1) is 17.3. The minimum atomic E-state index is -0.140. The van der Waals surface area contributed by atoms with E-state index in [2.05, 4.69) is 11.1 Å².